The van der Waals surface area contributed by atoms with Crippen LogP contribution in [0.3, 0.4) is 0 Å². The van der Waals surface area contributed by atoms with Gasteiger partial charge in [0.05, 0.1) is 12.4 Å². The molecule has 0 aliphatic carbocycles. The molecule has 0 atom stereocenters. The van der Waals surface area contributed by atoms with Crippen LogP contribution in [0.5, 0.6) is 17.2 Å². The van der Waals surface area contributed by atoms with E-state index in [0.29, 0.717) is 17.4 Å². The van der Waals surface area contributed by atoms with Crippen molar-refractivity contribution in [2.75, 3.05) is 13.1 Å². The molecule has 2 heterocycles. The first-order chi connectivity index (χ1) is 9.29. The largest absolute Gasteiger partial charge is 0.508 e. The first-order valence-corrected chi connectivity index (χ1v) is 6.28. The fraction of sp³-hybridized carbons (Fsp3) is 0.286. The molecule has 0 saturated carbocycles. The summed E-state index contributed by atoms with van der Waals surface area (Å²) in [7, 11) is 0. The third kappa shape index (κ3) is 3.00. The second kappa shape index (κ2) is 5.24. The molecule has 0 radical (unpaired) electrons. The number of aromatic nitrogens is 2. The predicted octanol–water partition coefficient (Wildman–Crippen LogP) is 1.74. The quantitative estimate of drug-likeness (QED) is 0.873. The zero-order valence-electron chi connectivity index (χ0n) is 10.4. The van der Waals surface area contributed by atoms with Gasteiger partial charge in [0.1, 0.15) is 17.3 Å². The molecule has 1 aromatic heterocycles. The zero-order valence-corrected chi connectivity index (χ0v) is 10.4. The second-order valence-electron chi connectivity index (χ2n) is 4.66. The molecule has 0 bridgehead atoms. The molecule has 5 heteroatoms. The van der Waals surface area contributed by atoms with E-state index in [4.69, 9.17) is 4.74 Å². The first kappa shape index (κ1) is 11.9. The number of phenols is 1. The minimum absolute atomic E-state index is 0.216. The maximum Gasteiger partial charge on any atom is 0.164 e. The third-order valence-electron chi connectivity index (χ3n) is 3.09. The van der Waals surface area contributed by atoms with E-state index in [9.17, 15) is 5.11 Å². The topological polar surface area (TPSA) is 67.3 Å². The van der Waals surface area contributed by atoms with Gasteiger partial charge < -0.3 is 15.2 Å². The van der Waals surface area contributed by atoms with Gasteiger partial charge in [0.25, 0.3) is 0 Å². The van der Waals surface area contributed by atoms with E-state index in [0.717, 1.165) is 25.3 Å². The van der Waals surface area contributed by atoms with Crippen LogP contribution < -0.4 is 10.1 Å². The van der Waals surface area contributed by atoms with Gasteiger partial charge in [0.2, 0.25) is 0 Å². The molecule has 1 aliphatic heterocycles. The van der Waals surface area contributed by atoms with E-state index in [1.807, 2.05) is 0 Å². The summed E-state index contributed by atoms with van der Waals surface area (Å²) < 4.78 is 5.59. The molecule has 1 aliphatic rings. The van der Waals surface area contributed by atoms with Crippen molar-refractivity contribution in [1.82, 2.24) is 15.3 Å². The molecule has 5 nitrogen and oxygen atoms in total. The molecular weight excluding hydrogens is 242 g/mol. The molecule has 19 heavy (non-hydrogen) atoms. The van der Waals surface area contributed by atoms with Crippen LogP contribution >= 0.6 is 0 Å². The normalized spacial score (nSPS) is 14.9. The molecule has 0 unspecified atom stereocenters. The summed E-state index contributed by atoms with van der Waals surface area (Å²) in [6.45, 7) is 2.10. The third-order valence-corrected chi connectivity index (χ3v) is 3.09. The number of nitrogens with zero attached hydrogens (tertiary/aromatic N) is 2. The molecule has 1 aromatic carbocycles. The van der Waals surface area contributed by atoms with Crippen molar-refractivity contribution >= 4 is 0 Å². The molecule has 1 fully saturated rings. The Bertz CT molecular complexity index is 536. The Morgan fingerprint density at radius 2 is 1.79 bits per heavy atom. The van der Waals surface area contributed by atoms with Crippen molar-refractivity contribution in [2.45, 2.75) is 6.42 Å². The number of ether oxygens (including phenoxy) is 1. The molecule has 0 amide bonds. The lowest BCUT2D eigenvalue weighted by Crippen LogP contribution is -2.43. The second-order valence-corrected chi connectivity index (χ2v) is 4.66. The van der Waals surface area contributed by atoms with Crippen molar-refractivity contribution < 1.29 is 9.84 Å². The Balaban J connectivity index is 1.63. The summed E-state index contributed by atoms with van der Waals surface area (Å²) in [6, 6.07) is 6.55. The summed E-state index contributed by atoms with van der Waals surface area (Å²) in [5, 5.41) is 12.4. The van der Waals surface area contributed by atoms with Gasteiger partial charge in [-0.05, 0) is 43.3 Å². The van der Waals surface area contributed by atoms with E-state index in [1.54, 1.807) is 36.7 Å². The number of nitrogens with one attached hydrogen (secondary N) is 1. The summed E-state index contributed by atoms with van der Waals surface area (Å²) in [4.78, 5) is 8.60. The fourth-order valence-corrected chi connectivity index (χ4v) is 1.90. The standard InChI is InChI=1S/C14H15N3O2/c18-11-1-3-12(4-2-11)19-13-8-16-14(17-9-13)5-10-6-15-7-10/h1-4,8-10,15,18H,5-7H2. The summed E-state index contributed by atoms with van der Waals surface area (Å²) in [6.07, 6.45) is 4.27. The number of phenolic OH excluding ortho intramolecular Hbond substituents is 1. The van der Waals surface area contributed by atoms with E-state index in [-0.39, 0.29) is 5.75 Å². The van der Waals surface area contributed by atoms with Gasteiger partial charge >= 0.3 is 0 Å². The Kier molecular flexibility index (Phi) is 3.29. The molecular formula is C14H15N3O2. The number of rotatable bonds is 4. The van der Waals surface area contributed by atoms with Gasteiger partial charge in [-0.2, -0.15) is 0 Å². The van der Waals surface area contributed by atoms with Crippen LogP contribution in [0.15, 0.2) is 36.7 Å². The van der Waals surface area contributed by atoms with E-state index < -0.39 is 0 Å². The maximum atomic E-state index is 9.19. The van der Waals surface area contributed by atoms with Gasteiger partial charge in [-0.1, -0.05) is 0 Å². The van der Waals surface area contributed by atoms with Crippen molar-refractivity contribution in [3.8, 4) is 17.2 Å². The average molecular weight is 257 g/mol. The molecule has 98 valence electrons. The highest BCUT2D eigenvalue weighted by molar-refractivity contribution is 5.33. The molecule has 1 saturated heterocycles. The van der Waals surface area contributed by atoms with Crippen molar-refractivity contribution in [1.29, 1.82) is 0 Å². The fourth-order valence-electron chi connectivity index (χ4n) is 1.90. The Morgan fingerprint density at radius 1 is 1.11 bits per heavy atom. The number of hydrogen-bond donors (Lipinski definition) is 2. The Morgan fingerprint density at radius 3 is 2.37 bits per heavy atom. The Hall–Kier alpha value is -2.14. The van der Waals surface area contributed by atoms with E-state index in [2.05, 4.69) is 15.3 Å². The minimum atomic E-state index is 0.216. The highest BCUT2D eigenvalue weighted by atomic mass is 16.5. The Labute approximate surface area is 111 Å². The van der Waals surface area contributed by atoms with Gasteiger partial charge in [-0.15, -0.1) is 0 Å². The number of hydrogen-bond acceptors (Lipinski definition) is 5. The number of aromatic hydroxyl groups is 1. The molecule has 2 aromatic rings. The SMILES string of the molecule is Oc1ccc(Oc2cnc(CC3CNC3)nc2)cc1. The van der Waals surface area contributed by atoms with Crippen molar-refractivity contribution in [2.24, 2.45) is 5.92 Å². The maximum absolute atomic E-state index is 9.19. The van der Waals surface area contributed by atoms with Crippen LogP contribution in [0.2, 0.25) is 0 Å². The van der Waals surface area contributed by atoms with Crippen molar-refractivity contribution in [3.63, 3.8) is 0 Å². The van der Waals surface area contributed by atoms with Crippen LogP contribution in [-0.2, 0) is 6.42 Å². The molecule has 2 N–H and O–H groups in total. The molecule has 0 spiro atoms. The molecule has 3 rings (SSSR count). The highest BCUT2D eigenvalue weighted by Gasteiger charge is 2.18. The lowest BCUT2D eigenvalue weighted by molar-refractivity contribution is 0.340. The smallest absolute Gasteiger partial charge is 0.164 e. The summed E-state index contributed by atoms with van der Waals surface area (Å²) in [5.41, 5.74) is 0. The lowest BCUT2D eigenvalue weighted by Gasteiger charge is -2.26. The van der Waals surface area contributed by atoms with E-state index in [1.165, 1.54) is 0 Å². The van der Waals surface area contributed by atoms with Gasteiger partial charge in [-0.25, -0.2) is 9.97 Å². The summed E-state index contributed by atoms with van der Waals surface area (Å²) in [5.74, 6) is 2.97. The monoisotopic (exact) mass is 257 g/mol. The first-order valence-electron chi connectivity index (χ1n) is 6.28. The van der Waals surface area contributed by atoms with Crippen LogP contribution in [0.4, 0.5) is 0 Å². The van der Waals surface area contributed by atoms with Crippen LogP contribution in [0.25, 0.3) is 0 Å². The van der Waals surface area contributed by atoms with Gasteiger partial charge in [0, 0.05) is 6.42 Å². The predicted molar refractivity (Wildman–Crippen MR) is 70.3 cm³/mol. The number of benzene rings is 1. The average Bonchev–Trinajstić information content (AvgIpc) is 2.38. The van der Waals surface area contributed by atoms with Crippen LogP contribution in [0, 0.1) is 5.92 Å². The van der Waals surface area contributed by atoms with Crippen LogP contribution in [-0.4, -0.2) is 28.2 Å². The van der Waals surface area contributed by atoms with E-state index >= 15 is 0 Å². The summed E-state index contributed by atoms with van der Waals surface area (Å²) >= 11 is 0. The lowest BCUT2D eigenvalue weighted by atomic mass is 9.99. The van der Waals surface area contributed by atoms with Gasteiger partial charge in [-0.3, -0.25) is 0 Å². The zero-order chi connectivity index (χ0) is 13.1. The van der Waals surface area contributed by atoms with Gasteiger partial charge in [0.15, 0.2) is 5.75 Å². The minimum Gasteiger partial charge on any atom is -0.508 e. The van der Waals surface area contributed by atoms with Crippen LogP contribution in [0.1, 0.15) is 5.82 Å². The highest BCUT2D eigenvalue weighted by Crippen LogP contribution is 2.22. The van der Waals surface area contributed by atoms with Crippen molar-refractivity contribution in [3.05, 3.63) is 42.5 Å².